The number of thiophene rings is 1. The third-order valence-corrected chi connectivity index (χ3v) is 3.85. The Labute approximate surface area is 100 Å². The molecule has 88 valence electrons. The molecule has 1 N–H and O–H groups in total. The van der Waals surface area contributed by atoms with Crippen LogP contribution in [0, 0.1) is 0 Å². The maximum absolute atomic E-state index is 12.0. The van der Waals surface area contributed by atoms with E-state index < -0.39 is 0 Å². The SMILES string of the molecule is CN[C@@H]1CCCN(C(=O)Cc2ccsc2)C1. The normalized spacial score (nSPS) is 21.1. The van der Waals surface area contributed by atoms with Crippen molar-refractivity contribution in [3.05, 3.63) is 22.4 Å². The fraction of sp³-hybridized carbons (Fsp3) is 0.583. The predicted octanol–water partition coefficient (Wildman–Crippen LogP) is 1.50. The standard InChI is InChI=1S/C12H18N2OS/c1-13-11-3-2-5-14(8-11)12(15)7-10-4-6-16-9-10/h4,6,9,11,13H,2-3,5,7-8H2,1H3/t11-/m1/s1. The molecule has 0 spiro atoms. The minimum Gasteiger partial charge on any atom is -0.341 e. The van der Waals surface area contributed by atoms with Gasteiger partial charge in [-0.15, -0.1) is 0 Å². The van der Waals surface area contributed by atoms with Gasteiger partial charge in [0.15, 0.2) is 0 Å². The monoisotopic (exact) mass is 238 g/mol. The second-order valence-electron chi connectivity index (χ2n) is 4.28. The lowest BCUT2D eigenvalue weighted by atomic mass is 10.1. The van der Waals surface area contributed by atoms with Crippen LogP contribution in [0.4, 0.5) is 0 Å². The molecule has 0 aromatic carbocycles. The first-order valence-electron chi connectivity index (χ1n) is 5.75. The van der Waals surface area contributed by atoms with Crippen molar-refractivity contribution in [2.24, 2.45) is 0 Å². The van der Waals surface area contributed by atoms with Gasteiger partial charge in [-0.25, -0.2) is 0 Å². The minimum atomic E-state index is 0.262. The van der Waals surface area contributed by atoms with Crippen molar-refractivity contribution in [2.75, 3.05) is 20.1 Å². The van der Waals surface area contributed by atoms with E-state index in [2.05, 4.69) is 10.7 Å². The van der Waals surface area contributed by atoms with Crippen LogP contribution in [0.15, 0.2) is 16.8 Å². The maximum Gasteiger partial charge on any atom is 0.227 e. The van der Waals surface area contributed by atoms with E-state index in [1.165, 1.54) is 6.42 Å². The van der Waals surface area contributed by atoms with Gasteiger partial charge in [0.05, 0.1) is 6.42 Å². The third kappa shape index (κ3) is 2.83. The highest BCUT2D eigenvalue weighted by Gasteiger charge is 2.22. The molecule has 1 aromatic rings. The van der Waals surface area contributed by atoms with Gasteiger partial charge >= 0.3 is 0 Å². The fourth-order valence-electron chi connectivity index (χ4n) is 2.12. The number of likely N-dealkylation sites (tertiary alicyclic amines) is 1. The summed E-state index contributed by atoms with van der Waals surface area (Å²) in [5.41, 5.74) is 1.14. The van der Waals surface area contributed by atoms with Crippen molar-refractivity contribution in [3.63, 3.8) is 0 Å². The molecule has 1 aliphatic heterocycles. The van der Waals surface area contributed by atoms with Gasteiger partial charge in [-0.3, -0.25) is 4.79 Å². The van der Waals surface area contributed by atoms with Crippen molar-refractivity contribution in [1.29, 1.82) is 0 Å². The number of hydrogen-bond donors (Lipinski definition) is 1. The van der Waals surface area contributed by atoms with Gasteiger partial charge in [0.25, 0.3) is 0 Å². The Morgan fingerprint density at radius 1 is 1.69 bits per heavy atom. The molecular weight excluding hydrogens is 220 g/mol. The summed E-state index contributed by atoms with van der Waals surface area (Å²) >= 11 is 1.65. The number of nitrogens with one attached hydrogen (secondary N) is 1. The summed E-state index contributed by atoms with van der Waals surface area (Å²) in [6, 6.07) is 2.50. The first kappa shape index (κ1) is 11.6. The van der Waals surface area contributed by atoms with Gasteiger partial charge in [-0.05, 0) is 42.3 Å². The van der Waals surface area contributed by atoms with Crippen molar-refractivity contribution in [2.45, 2.75) is 25.3 Å². The van der Waals surface area contributed by atoms with Gasteiger partial charge in [0.1, 0.15) is 0 Å². The Balaban J connectivity index is 1.89. The fourth-order valence-corrected chi connectivity index (χ4v) is 2.79. The Kier molecular flexibility index (Phi) is 3.96. The summed E-state index contributed by atoms with van der Waals surface area (Å²) in [7, 11) is 1.97. The zero-order valence-electron chi connectivity index (χ0n) is 9.61. The lowest BCUT2D eigenvalue weighted by Gasteiger charge is -2.32. The lowest BCUT2D eigenvalue weighted by Crippen LogP contribution is -2.47. The highest BCUT2D eigenvalue weighted by molar-refractivity contribution is 7.07. The summed E-state index contributed by atoms with van der Waals surface area (Å²) in [4.78, 5) is 14.0. The first-order chi connectivity index (χ1) is 7.79. The topological polar surface area (TPSA) is 32.3 Å². The molecule has 1 aliphatic rings. The zero-order valence-corrected chi connectivity index (χ0v) is 10.4. The van der Waals surface area contributed by atoms with Crippen molar-refractivity contribution in [3.8, 4) is 0 Å². The maximum atomic E-state index is 12.0. The molecule has 1 atom stereocenters. The van der Waals surface area contributed by atoms with Crippen molar-refractivity contribution >= 4 is 17.2 Å². The minimum absolute atomic E-state index is 0.262. The second kappa shape index (κ2) is 5.46. The van der Waals surface area contributed by atoms with E-state index in [1.54, 1.807) is 11.3 Å². The lowest BCUT2D eigenvalue weighted by molar-refractivity contribution is -0.131. The molecule has 1 fully saturated rings. The highest BCUT2D eigenvalue weighted by atomic mass is 32.1. The van der Waals surface area contributed by atoms with E-state index in [4.69, 9.17) is 0 Å². The molecule has 2 rings (SSSR count). The summed E-state index contributed by atoms with van der Waals surface area (Å²) < 4.78 is 0. The van der Waals surface area contributed by atoms with Gasteiger partial charge < -0.3 is 10.2 Å². The molecular formula is C12H18N2OS. The van der Waals surface area contributed by atoms with Crippen LogP contribution in [0.5, 0.6) is 0 Å². The summed E-state index contributed by atoms with van der Waals surface area (Å²) in [6.07, 6.45) is 2.85. The van der Waals surface area contributed by atoms with Crippen LogP contribution in [0.1, 0.15) is 18.4 Å². The highest BCUT2D eigenvalue weighted by Crippen LogP contribution is 2.13. The molecule has 0 saturated carbocycles. The molecule has 3 nitrogen and oxygen atoms in total. The van der Waals surface area contributed by atoms with Gasteiger partial charge in [0.2, 0.25) is 5.91 Å². The number of nitrogens with zero attached hydrogens (tertiary/aromatic N) is 1. The average molecular weight is 238 g/mol. The van der Waals surface area contributed by atoms with Crippen LogP contribution >= 0.6 is 11.3 Å². The van der Waals surface area contributed by atoms with E-state index in [-0.39, 0.29) is 5.91 Å². The molecule has 0 aliphatic carbocycles. The summed E-state index contributed by atoms with van der Waals surface area (Å²) in [5.74, 6) is 0.262. The van der Waals surface area contributed by atoms with E-state index in [0.29, 0.717) is 12.5 Å². The number of rotatable bonds is 3. The molecule has 1 aromatic heterocycles. The predicted molar refractivity (Wildman–Crippen MR) is 66.7 cm³/mol. The molecule has 1 amide bonds. The van der Waals surface area contributed by atoms with Crippen LogP contribution in [0.25, 0.3) is 0 Å². The smallest absolute Gasteiger partial charge is 0.227 e. The van der Waals surface area contributed by atoms with Crippen LogP contribution in [-0.2, 0) is 11.2 Å². The van der Waals surface area contributed by atoms with Crippen LogP contribution < -0.4 is 5.32 Å². The van der Waals surface area contributed by atoms with Crippen LogP contribution in [-0.4, -0.2) is 37.0 Å². The quantitative estimate of drug-likeness (QED) is 0.865. The van der Waals surface area contributed by atoms with Crippen molar-refractivity contribution < 1.29 is 4.79 Å². The molecule has 1 saturated heterocycles. The number of piperidine rings is 1. The number of likely N-dealkylation sites (N-methyl/N-ethyl adjacent to an activating group) is 1. The Hall–Kier alpha value is -0.870. The van der Waals surface area contributed by atoms with E-state index in [1.807, 2.05) is 23.4 Å². The number of hydrogen-bond acceptors (Lipinski definition) is 3. The average Bonchev–Trinajstić information content (AvgIpc) is 2.82. The molecule has 0 radical (unpaired) electrons. The van der Waals surface area contributed by atoms with E-state index in [0.717, 1.165) is 25.1 Å². The number of amides is 1. The van der Waals surface area contributed by atoms with Crippen LogP contribution in [0.3, 0.4) is 0 Å². The number of carbonyl (C=O) groups is 1. The Morgan fingerprint density at radius 2 is 2.56 bits per heavy atom. The number of carbonyl (C=O) groups excluding carboxylic acids is 1. The van der Waals surface area contributed by atoms with Gasteiger partial charge in [-0.2, -0.15) is 11.3 Å². The molecule has 0 unspecified atom stereocenters. The summed E-state index contributed by atoms with van der Waals surface area (Å²) in [6.45, 7) is 1.78. The van der Waals surface area contributed by atoms with E-state index in [9.17, 15) is 4.79 Å². The second-order valence-corrected chi connectivity index (χ2v) is 5.06. The largest absolute Gasteiger partial charge is 0.341 e. The summed E-state index contributed by atoms with van der Waals surface area (Å²) in [5, 5.41) is 7.33. The zero-order chi connectivity index (χ0) is 11.4. The molecule has 0 bridgehead atoms. The molecule has 16 heavy (non-hydrogen) atoms. The van der Waals surface area contributed by atoms with Gasteiger partial charge in [-0.1, -0.05) is 0 Å². The van der Waals surface area contributed by atoms with E-state index >= 15 is 0 Å². The molecule has 4 heteroatoms. The Bertz CT molecular complexity index is 337. The first-order valence-corrected chi connectivity index (χ1v) is 6.70. The van der Waals surface area contributed by atoms with Gasteiger partial charge in [0, 0.05) is 19.1 Å². The third-order valence-electron chi connectivity index (χ3n) is 3.12. The van der Waals surface area contributed by atoms with Crippen LogP contribution in [0.2, 0.25) is 0 Å². The molecule has 2 heterocycles. The Morgan fingerprint density at radius 3 is 3.25 bits per heavy atom. The van der Waals surface area contributed by atoms with Crippen molar-refractivity contribution in [1.82, 2.24) is 10.2 Å².